The Balaban J connectivity index is 1.53. The van der Waals surface area contributed by atoms with Crippen molar-refractivity contribution in [2.75, 3.05) is 0 Å². The van der Waals surface area contributed by atoms with E-state index in [1.54, 1.807) is 36.3 Å². The van der Waals surface area contributed by atoms with Crippen molar-refractivity contribution < 1.29 is 14.3 Å². The van der Waals surface area contributed by atoms with Gasteiger partial charge in [-0.15, -0.1) is 0 Å². The molecule has 4 aromatic rings. The minimum absolute atomic E-state index is 0.254. The molecule has 0 aliphatic heterocycles. The molecule has 4 rings (SSSR count). The van der Waals surface area contributed by atoms with Gasteiger partial charge in [-0.05, 0) is 36.8 Å². The van der Waals surface area contributed by atoms with Crippen molar-refractivity contribution in [1.82, 2.24) is 20.1 Å². The maximum atomic E-state index is 13.0. The standard InChI is InChI=1S/C25H22N4O3/c1-18(24(30)27-15-19-9-4-2-5-10-19)32-25(31)22-17-29(21-12-6-3-7-13-21)28-23(22)20-11-8-14-26-16-20/h2-14,16-18H,15H2,1H3,(H,27,30)/t18-/m0/s1. The van der Waals surface area contributed by atoms with E-state index < -0.39 is 12.1 Å². The fourth-order valence-corrected chi connectivity index (χ4v) is 3.16. The first-order valence-corrected chi connectivity index (χ1v) is 10.2. The number of pyridine rings is 1. The molecule has 1 N–H and O–H groups in total. The summed E-state index contributed by atoms with van der Waals surface area (Å²) in [4.78, 5) is 29.6. The van der Waals surface area contributed by atoms with Crippen LogP contribution in [0.3, 0.4) is 0 Å². The molecule has 0 radical (unpaired) electrons. The molecule has 160 valence electrons. The van der Waals surface area contributed by atoms with Crippen LogP contribution in [0.4, 0.5) is 0 Å². The SMILES string of the molecule is C[C@H](OC(=O)c1cn(-c2ccccc2)nc1-c1cccnc1)C(=O)NCc1ccccc1. The van der Waals surface area contributed by atoms with Crippen LogP contribution in [0, 0.1) is 0 Å². The number of amides is 1. The molecule has 2 aromatic heterocycles. The van der Waals surface area contributed by atoms with Crippen molar-refractivity contribution >= 4 is 11.9 Å². The van der Waals surface area contributed by atoms with Crippen LogP contribution in [-0.2, 0) is 16.1 Å². The third-order valence-corrected chi connectivity index (χ3v) is 4.85. The topological polar surface area (TPSA) is 86.1 Å². The van der Waals surface area contributed by atoms with Crippen molar-refractivity contribution in [2.24, 2.45) is 0 Å². The number of hydrogen-bond donors (Lipinski definition) is 1. The number of hydrogen-bond acceptors (Lipinski definition) is 5. The summed E-state index contributed by atoms with van der Waals surface area (Å²) in [6.07, 6.45) is 3.92. The molecule has 0 fully saturated rings. The molecule has 0 saturated heterocycles. The van der Waals surface area contributed by atoms with Gasteiger partial charge in [-0.3, -0.25) is 9.78 Å². The van der Waals surface area contributed by atoms with Gasteiger partial charge in [-0.1, -0.05) is 48.5 Å². The monoisotopic (exact) mass is 426 g/mol. The Kier molecular flexibility index (Phi) is 6.36. The van der Waals surface area contributed by atoms with Crippen LogP contribution in [-0.4, -0.2) is 32.7 Å². The van der Waals surface area contributed by atoms with E-state index in [1.165, 1.54) is 0 Å². The van der Waals surface area contributed by atoms with Crippen LogP contribution in [0.5, 0.6) is 0 Å². The molecular formula is C25H22N4O3. The van der Waals surface area contributed by atoms with E-state index in [9.17, 15) is 9.59 Å². The second-order valence-corrected chi connectivity index (χ2v) is 7.16. The Bertz CT molecular complexity index is 1190. The lowest BCUT2D eigenvalue weighted by Gasteiger charge is -2.13. The number of rotatable bonds is 7. The summed E-state index contributed by atoms with van der Waals surface area (Å²) in [5.41, 5.74) is 3.12. The number of aromatic nitrogens is 3. The Labute approximate surface area is 185 Å². The normalized spacial score (nSPS) is 11.5. The summed E-state index contributed by atoms with van der Waals surface area (Å²) < 4.78 is 7.08. The number of nitrogens with zero attached hydrogens (tertiary/aromatic N) is 3. The van der Waals surface area contributed by atoms with Gasteiger partial charge in [0, 0.05) is 30.7 Å². The Morgan fingerprint density at radius 1 is 1.00 bits per heavy atom. The van der Waals surface area contributed by atoms with Crippen molar-refractivity contribution in [3.8, 4) is 16.9 Å². The predicted molar refractivity (Wildman–Crippen MR) is 120 cm³/mol. The van der Waals surface area contributed by atoms with Crippen molar-refractivity contribution in [3.05, 3.63) is 103 Å². The molecule has 1 amide bonds. The number of para-hydroxylation sites is 1. The molecule has 0 aliphatic carbocycles. The Morgan fingerprint density at radius 3 is 2.41 bits per heavy atom. The number of benzene rings is 2. The van der Waals surface area contributed by atoms with Gasteiger partial charge >= 0.3 is 5.97 Å². The molecule has 7 nitrogen and oxygen atoms in total. The van der Waals surface area contributed by atoms with Crippen LogP contribution < -0.4 is 5.32 Å². The van der Waals surface area contributed by atoms with E-state index >= 15 is 0 Å². The lowest BCUT2D eigenvalue weighted by molar-refractivity contribution is -0.129. The first-order chi connectivity index (χ1) is 15.6. The highest BCUT2D eigenvalue weighted by atomic mass is 16.5. The van der Waals surface area contributed by atoms with Gasteiger partial charge in [-0.2, -0.15) is 5.10 Å². The highest BCUT2D eigenvalue weighted by molar-refractivity contribution is 5.97. The highest BCUT2D eigenvalue weighted by Crippen LogP contribution is 2.24. The molecular weight excluding hydrogens is 404 g/mol. The van der Waals surface area contributed by atoms with E-state index in [2.05, 4.69) is 15.4 Å². The maximum Gasteiger partial charge on any atom is 0.342 e. The van der Waals surface area contributed by atoms with Gasteiger partial charge in [0.25, 0.3) is 5.91 Å². The molecule has 0 aliphatic rings. The van der Waals surface area contributed by atoms with Gasteiger partial charge in [0.1, 0.15) is 11.3 Å². The zero-order valence-corrected chi connectivity index (χ0v) is 17.5. The van der Waals surface area contributed by atoms with E-state index in [-0.39, 0.29) is 11.5 Å². The van der Waals surface area contributed by atoms with E-state index in [0.717, 1.165) is 11.3 Å². The van der Waals surface area contributed by atoms with Crippen molar-refractivity contribution in [3.63, 3.8) is 0 Å². The Hall–Kier alpha value is -4.26. The number of esters is 1. The quantitative estimate of drug-likeness (QED) is 0.455. The summed E-state index contributed by atoms with van der Waals surface area (Å²) in [7, 11) is 0. The fraction of sp³-hybridized carbons (Fsp3) is 0.120. The lowest BCUT2D eigenvalue weighted by atomic mass is 10.1. The molecule has 1 atom stereocenters. The van der Waals surface area contributed by atoms with E-state index in [1.807, 2.05) is 66.7 Å². The second kappa shape index (κ2) is 9.70. The number of carbonyl (C=O) groups excluding carboxylic acids is 2. The van der Waals surface area contributed by atoms with Crippen LogP contribution in [0.2, 0.25) is 0 Å². The summed E-state index contributed by atoms with van der Waals surface area (Å²) in [5.74, 6) is -1.01. The fourth-order valence-electron chi connectivity index (χ4n) is 3.16. The average molecular weight is 426 g/mol. The number of nitrogens with one attached hydrogen (secondary N) is 1. The van der Waals surface area contributed by atoms with Gasteiger partial charge in [0.15, 0.2) is 6.10 Å². The lowest BCUT2D eigenvalue weighted by Crippen LogP contribution is -2.35. The van der Waals surface area contributed by atoms with Crippen LogP contribution >= 0.6 is 0 Å². The average Bonchev–Trinajstić information content (AvgIpc) is 3.30. The van der Waals surface area contributed by atoms with Crippen molar-refractivity contribution in [2.45, 2.75) is 19.6 Å². The molecule has 2 heterocycles. The number of ether oxygens (including phenoxy) is 1. The van der Waals surface area contributed by atoms with E-state index in [0.29, 0.717) is 17.8 Å². The predicted octanol–water partition coefficient (Wildman–Crippen LogP) is 3.80. The third kappa shape index (κ3) is 4.89. The second-order valence-electron chi connectivity index (χ2n) is 7.16. The first-order valence-electron chi connectivity index (χ1n) is 10.2. The molecule has 2 aromatic carbocycles. The third-order valence-electron chi connectivity index (χ3n) is 4.85. The highest BCUT2D eigenvalue weighted by Gasteiger charge is 2.24. The molecule has 0 bridgehead atoms. The van der Waals surface area contributed by atoms with Gasteiger partial charge < -0.3 is 10.1 Å². The van der Waals surface area contributed by atoms with Crippen LogP contribution in [0.25, 0.3) is 16.9 Å². The van der Waals surface area contributed by atoms with Gasteiger partial charge in [0.05, 0.1) is 5.69 Å². The minimum atomic E-state index is -0.965. The Morgan fingerprint density at radius 2 is 1.72 bits per heavy atom. The van der Waals surface area contributed by atoms with Crippen LogP contribution in [0.1, 0.15) is 22.8 Å². The minimum Gasteiger partial charge on any atom is -0.449 e. The zero-order chi connectivity index (χ0) is 22.3. The molecule has 0 saturated carbocycles. The van der Waals surface area contributed by atoms with Crippen molar-refractivity contribution in [1.29, 1.82) is 0 Å². The molecule has 0 unspecified atom stereocenters. The molecule has 7 heteroatoms. The summed E-state index contributed by atoms with van der Waals surface area (Å²) in [5, 5.41) is 7.36. The van der Waals surface area contributed by atoms with E-state index in [4.69, 9.17) is 4.74 Å². The van der Waals surface area contributed by atoms with Crippen LogP contribution in [0.15, 0.2) is 91.4 Å². The molecule has 0 spiro atoms. The largest absolute Gasteiger partial charge is 0.449 e. The summed E-state index contributed by atoms with van der Waals surface area (Å²) >= 11 is 0. The summed E-state index contributed by atoms with van der Waals surface area (Å²) in [6.45, 7) is 1.90. The van der Waals surface area contributed by atoms with Gasteiger partial charge in [0.2, 0.25) is 0 Å². The van der Waals surface area contributed by atoms with Gasteiger partial charge in [-0.25, -0.2) is 9.48 Å². The molecule has 32 heavy (non-hydrogen) atoms. The summed E-state index contributed by atoms with van der Waals surface area (Å²) in [6, 6.07) is 22.6. The zero-order valence-electron chi connectivity index (χ0n) is 17.5. The number of carbonyl (C=O) groups is 2. The smallest absolute Gasteiger partial charge is 0.342 e. The first kappa shape index (κ1) is 21.0. The maximum absolute atomic E-state index is 13.0.